The number of nitrogens with zero attached hydrogens (tertiary/aromatic N) is 1. The Bertz CT molecular complexity index is 764. The maximum atomic E-state index is 12.6. The van der Waals surface area contributed by atoms with E-state index in [2.05, 4.69) is 10.3 Å². The van der Waals surface area contributed by atoms with Crippen molar-refractivity contribution in [3.05, 3.63) is 54.1 Å². The third-order valence-electron chi connectivity index (χ3n) is 3.44. The highest BCUT2D eigenvalue weighted by molar-refractivity contribution is 5.92. The van der Waals surface area contributed by atoms with Crippen LogP contribution in [0.4, 0.5) is 18.9 Å². The molecule has 0 amide bonds. The number of rotatable bonds is 7. The first-order chi connectivity index (χ1) is 12.8. The largest absolute Gasteiger partial charge is 0.497 e. The predicted octanol–water partition coefficient (Wildman–Crippen LogP) is 2.88. The summed E-state index contributed by atoms with van der Waals surface area (Å²) in [6.45, 7) is -0.297. The van der Waals surface area contributed by atoms with Gasteiger partial charge in [0.1, 0.15) is 24.2 Å². The van der Waals surface area contributed by atoms with Crippen molar-refractivity contribution in [1.29, 1.82) is 0 Å². The van der Waals surface area contributed by atoms with Gasteiger partial charge in [0.2, 0.25) is 0 Å². The molecule has 1 atom stereocenters. The minimum Gasteiger partial charge on any atom is -0.497 e. The fourth-order valence-electron chi connectivity index (χ4n) is 2.07. The lowest BCUT2D eigenvalue weighted by Gasteiger charge is -2.13. The summed E-state index contributed by atoms with van der Waals surface area (Å²) in [4.78, 5) is 3.97. The molecule has 0 aromatic heterocycles. The van der Waals surface area contributed by atoms with E-state index in [4.69, 9.17) is 15.2 Å². The Morgan fingerprint density at radius 3 is 2.52 bits per heavy atom. The fraction of sp³-hybridized carbons (Fsp3) is 0.278. The van der Waals surface area contributed by atoms with Crippen molar-refractivity contribution in [1.82, 2.24) is 0 Å². The van der Waals surface area contributed by atoms with Crippen molar-refractivity contribution in [2.75, 3.05) is 25.6 Å². The molecule has 0 saturated heterocycles. The lowest BCUT2D eigenvalue weighted by atomic mass is 10.2. The SMILES string of the molecule is COc1ccc(NC(N)=NCC(O)COc2cccc(C(F)(F)F)c2)cc1. The van der Waals surface area contributed by atoms with Crippen LogP contribution in [0.2, 0.25) is 0 Å². The Balaban J connectivity index is 1.82. The highest BCUT2D eigenvalue weighted by atomic mass is 19.4. The standard InChI is InChI=1S/C18H20F3N3O3/c1-26-15-7-5-13(6-8-15)24-17(22)23-10-14(25)11-27-16-4-2-3-12(9-16)18(19,20)21/h2-9,14,25H,10-11H2,1H3,(H3,22,23,24). The van der Waals surface area contributed by atoms with Gasteiger partial charge < -0.3 is 25.6 Å². The zero-order valence-corrected chi connectivity index (χ0v) is 14.5. The van der Waals surface area contributed by atoms with Gasteiger partial charge in [0, 0.05) is 5.69 Å². The van der Waals surface area contributed by atoms with Gasteiger partial charge in [0.15, 0.2) is 5.96 Å². The molecule has 0 bridgehead atoms. The van der Waals surface area contributed by atoms with Gasteiger partial charge in [-0.2, -0.15) is 13.2 Å². The van der Waals surface area contributed by atoms with E-state index in [1.807, 2.05) is 0 Å². The summed E-state index contributed by atoms with van der Waals surface area (Å²) >= 11 is 0. The molecule has 0 aliphatic heterocycles. The van der Waals surface area contributed by atoms with Gasteiger partial charge in [-0.15, -0.1) is 0 Å². The van der Waals surface area contributed by atoms with Crippen molar-refractivity contribution in [2.24, 2.45) is 10.7 Å². The van der Waals surface area contributed by atoms with E-state index in [0.29, 0.717) is 11.4 Å². The van der Waals surface area contributed by atoms with Crippen LogP contribution in [0.1, 0.15) is 5.56 Å². The maximum Gasteiger partial charge on any atom is 0.416 e. The van der Waals surface area contributed by atoms with E-state index in [-0.39, 0.29) is 24.9 Å². The van der Waals surface area contributed by atoms with Crippen molar-refractivity contribution in [3.8, 4) is 11.5 Å². The summed E-state index contributed by atoms with van der Waals surface area (Å²) in [7, 11) is 1.56. The number of aliphatic imine (C=N–C) groups is 1. The minimum atomic E-state index is -4.45. The van der Waals surface area contributed by atoms with Crippen LogP contribution < -0.4 is 20.5 Å². The molecule has 0 aliphatic rings. The molecule has 27 heavy (non-hydrogen) atoms. The van der Waals surface area contributed by atoms with Crippen LogP contribution in [0, 0.1) is 0 Å². The minimum absolute atomic E-state index is 0.0113. The topological polar surface area (TPSA) is 89.1 Å². The van der Waals surface area contributed by atoms with Gasteiger partial charge in [-0.3, -0.25) is 4.99 Å². The van der Waals surface area contributed by atoms with Crippen LogP contribution in [0.5, 0.6) is 11.5 Å². The third kappa shape index (κ3) is 6.70. The number of ether oxygens (including phenoxy) is 2. The number of aliphatic hydroxyl groups is 1. The Hall–Kier alpha value is -2.94. The monoisotopic (exact) mass is 383 g/mol. The van der Waals surface area contributed by atoms with Crippen LogP contribution in [0.15, 0.2) is 53.5 Å². The normalized spacial score (nSPS) is 13.1. The van der Waals surface area contributed by atoms with E-state index in [1.54, 1.807) is 31.4 Å². The second kappa shape index (κ2) is 9.13. The summed E-state index contributed by atoms with van der Waals surface area (Å²) in [6.07, 6.45) is -5.49. The van der Waals surface area contributed by atoms with Crippen LogP contribution in [0.3, 0.4) is 0 Å². The molecule has 4 N–H and O–H groups in total. The number of alkyl halides is 3. The van der Waals surface area contributed by atoms with Crippen molar-refractivity contribution >= 4 is 11.6 Å². The summed E-state index contributed by atoms with van der Waals surface area (Å²) in [6, 6.07) is 11.4. The highest BCUT2D eigenvalue weighted by Gasteiger charge is 2.30. The smallest absolute Gasteiger partial charge is 0.416 e. The number of nitrogens with two attached hydrogens (primary N) is 1. The molecule has 0 saturated carbocycles. The number of methoxy groups -OCH3 is 1. The van der Waals surface area contributed by atoms with Crippen molar-refractivity contribution < 1.29 is 27.8 Å². The highest BCUT2D eigenvalue weighted by Crippen LogP contribution is 2.31. The quantitative estimate of drug-likeness (QED) is 0.505. The van der Waals surface area contributed by atoms with Gasteiger partial charge in [0.25, 0.3) is 0 Å². The van der Waals surface area contributed by atoms with Crippen LogP contribution >= 0.6 is 0 Å². The predicted molar refractivity (Wildman–Crippen MR) is 96.1 cm³/mol. The Kier molecular flexibility index (Phi) is 6.89. The average molecular weight is 383 g/mol. The Labute approximate surface area is 154 Å². The molecule has 2 rings (SSSR count). The van der Waals surface area contributed by atoms with Crippen LogP contribution in [-0.4, -0.2) is 37.4 Å². The molecular weight excluding hydrogens is 363 g/mol. The van der Waals surface area contributed by atoms with E-state index >= 15 is 0 Å². The maximum absolute atomic E-state index is 12.6. The molecule has 0 radical (unpaired) electrons. The summed E-state index contributed by atoms with van der Waals surface area (Å²) in [5.41, 5.74) is 5.60. The number of hydrogen-bond donors (Lipinski definition) is 3. The number of anilines is 1. The second-order valence-electron chi connectivity index (χ2n) is 5.57. The summed E-state index contributed by atoms with van der Waals surface area (Å²) in [5, 5.41) is 12.7. The molecule has 2 aromatic carbocycles. The molecule has 2 aromatic rings. The van der Waals surface area contributed by atoms with Crippen LogP contribution in [0.25, 0.3) is 0 Å². The molecule has 0 spiro atoms. The Morgan fingerprint density at radius 1 is 1.19 bits per heavy atom. The Morgan fingerprint density at radius 2 is 1.89 bits per heavy atom. The molecule has 0 fully saturated rings. The van der Waals surface area contributed by atoms with Gasteiger partial charge in [-0.05, 0) is 42.5 Å². The lowest BCUT2D eigenvalue weighted by Crippen LogP contribution is -2.27. The number of benzene rings is 2. The first-order valence-electron chi connectivity index (χ1n) is 7.97. The molecule has 0 aliphatic carbocycles. The molecule has 6 nitrogen and oxygen atoms in total. The fourth-order valence-corrected chi connectivity index (χ4v) is 2.07. The lowest BCUT2D eigenvalue weighted by molar-refractivity contribution is -0.137. The van der Waals surface area contributed by atoms with E-state index in [1.165, 1.54) is 12.1 Å². The van der Waals surface area contributed by atoms with Crippen molar-refractivity contribution in [3.63, 3.8) is 0 Å². The van der Waals surface area contributed by atoms with E-state index in [9.17, 15) is 18.3 Å². The molecule has 146 valence electrons. The first-order valence-corrected chi connectivity index (χ1v) is 7.97. The number of nitrogens with one attached hydrogen (secondary N) is 1. The zero-order valence-electron chi connectivity index (χ0n) is 14.5. The van der Waals surface area contributed by atoms with Gasteiger partial charge in [-0.1, -0.05) is 6.07 Å². The number of halogens is 3. The molecule has 0 heterocycles. The number of hydrogen-bond acceptors (Lipinski definition) is 4. The average Bonchev–Trinajstić information content (AvgIpc) is 2.65. The zero-order chi connectivity index (χ0) is 19.9. The first kappa shape index (κ1) is 20.4. The molecule has 9 heteroatoms. The third-order valence-corrected chi connectivity index (χ3v) is 3.44. The number of aliphatic hydroxyl groups excluding tert-OH is 1. The van der Waals surface area contributed by atoms with Crippen LogP contribution in [-0.2, 0) is 6.18 Å². The van der Waals surface area contributed by atoms with Gasteiger partial charge in [-0.25, -0.2) is 0 Å². The summed E-state index contributed by atoms with van der Waals surface area (Å²) in [5.74, 6) is 0.786. The molecule has 1 unspecified atom stereocenters. The van der Waals surface area contributed by atoms with Gasteiger partial charge >= 0.3 is 6.18 Å². The van der Waals surface area contributed by atoms with E-state index in [0.717, 1.165) is 12.1 Å². The molecular formula is C18H20F3N3O3. The summed E-state index contributed by atoms with van der Waals surface area (Å²) < 4.78 is 48.2. The van der Waals surface area contributed by atoms with Crippen molar-refractivity contribution in [2.45, 2.75) is 12.3 Å². The number of guanidine groups is 1. The second-order valence-corrected chi connectivity index (χ2v) is 5.57. The van der Waals surface area contributed by atoms with E-state index < -0.39 is 17.8 Å². The van der Waals surface area contributed by atoms with Gasteiger partial charge in [0.05, 0.1) is 19.2 Å².